The number of ether oxygens (including phenoxy) is 1. The van der Waals surface area contributed by atoms with Gasteiger partial charge in [0, 0.05) is 23.5 Å². The number of benzene rings is 2. The fourth-order valence-corrected chi connectivity index (χ4v) is 4.05. The van der Waals surface area contributed by atoms with Gasteiger partial charge in [0.25, 0.3) is 5.91 Å². The third-order valence-corrected chi connectivity index (χ3v) is 5.70. The number of anilines is 1. The largest absolute Gasteiger partial charge is 0.378 e. The van der Waals surface area contributed by atoms with E-state index in [9.17, 15) is 9.59 Å². The molecule has 138 valence electrons. The van der Waals surface area contributed by atoms with E-state index >= 15 is 0 Å². The van der Waals surface area contributed by atoms with E-state index < -0.39 is 0 Å². The molecule has 3 aromatic rings. The van der Waals surface area contributed by atoms with Crippen molar-refractivity contribution >= 4 is 38.9 Å². The molecule has 6 heteroatoms. The number of thiophene rings is 1. The van der Waals surface area contributed by atoms with Gasteiger partial charge in [-0.3, -0.25) is 9.59 Å². The summed E-state index contributed by atoms with van der Waals surface area (Å²) in [5, 5.41) is 4.00. The second-order valence-electron chi connectivity index (χ2n) is 6.47. The molecule has 0 bridgehead atoms. The van der Waals surface area contributed by atoms with Gasteiger partial charge in [0.2, 0.25) is 5.91 Å². The molecule has 4 rings (SSSR count). The van der Waals surface area contributed by atoms with Gasteiger partial charge in [0.15, 0.2) is 0 Å². The van der Waals surface area contributed by atoms with Crippen LogP contribution in [0.5, 0.6) is 0 Å². The SMILES string of the molecule is O=C(Nc1ccc(CC(=O)N2CCOCC2)cc1)c1cc2ccccc2s1. The first-order valence-corrected chi connectivity index (χ1v) is 9.75. The first-order chi connectivity index (χ1) is 13.2. The van der Waals surface area contributed by atoms with E-state index in [4.69, 9.17) is 4.74 Å². The number of nitrogens with zero attached hydrogens (tertiary/aromatic N) is 1. The lowest BCUT2D eigenvalue weighted by atomic mass is 10.1. The van der Waals surface area contributed by atoms with Crippen LogP contribution < -0.4 is 5.32 Å². The first-order valence-electron chi connectivity index (χ1n) is 8.93. The molecule has 1 N–H and O–H groups in total. The van der Waals surface area contributed by atoms with Gasteiger partial charge in [-0.05, 0) is 35.2 Å². The molecule has 0 spiro atoms. The highest BCUT2D eigenvalue weighted by Crippen LogP contribution is 2.26. The van der Waals surface area contributed by atoms with Gasteiger partial charge in [-0.2, -0.15) is 0 Å². The Morgan fingerprint density at radius 3 is 2.52 bits per heavy atom. The summed E-state index contributed by atoms with van der Waals surface area (Å²) in [5.74, 6) is -0.00583. The molecule has 1 aliphatic heterocycles. The molecule has 27 heavy (non-hydrogen) atoms. The van der Waals surface area contributed by atoms with E-state index in [1.807, 2.05) is 59.5 Å². The van der Waals surface area contributed by atoms with Gasteiger partial charge in [-0.1, -0.05) is 30.3 Å². The van der Waals surface area contributed by atoms with Crippen molar-refractivity contribution < 1.29 is 14.3 Å². The Bertz CT molecular complexity index is 926. The topological polar surface area (TPSA) is 58.6 Å². The Kier molecular flexibility index (Phi) is 5.18. The summed E-state index contributed by atoms with van der Waals surface area (Å²) >= 11 is 1.48. The fraction of sp³-hybridized carbons (Fsp3) is 0.238. The number of fused-ring (bicyclic) bond motifs is 1. The van der Waals surface area contributed by atoms with Crippen molar-refractivity contribution in [2.75, 3.05) is 31.6 Å². The molecule has 1 aliphatic rings. The molecule has 0 radical (unpaired) electrons. The molecular weight excluding hydrogens is 360 g/mol. The maximum Gasteiger partial charge on any atom is 0.265 e. The molecule has 1 saturated heterocycles. The van der Waals surface area contributed by atoms with Crippen LogP contribution >= 0.6 is 11.3 Å². The normalized spacial score (nSPS) is 14.3. The number of carbonyl (C=O) groups is 2. The number of rotatable bonds is 4. The summed E-state index contributed by atoms with van der Waals surface area (Å²) in [5.41, 5.74) is 1.66. The van der Waals surface area contributed by atoms with Crippen LogP contribution in [0, 0.1) is 0 Å². The van der Waals surface area contributed by atoms with Crippen LogP contribution in [0.1, 0.15) is 15.2 Å². The maximum absolute atomic E-state index is 12.5. The van der Waals surface area contributed by atoms with E-state index in [2.05, 4.69) is 5.32 Å². The molecule has 2 amide bonds. The average molecular weight is 380 g/mol. The Balaban J connectivity index is 1.38. The zero-order valence-electron chi connectivity index (χ0n) is 14.8. The molecule has 0 unspecified atom stereocenters. The van der Waals surface area contributed by atoms with Crippen molar-refractivity contribution in [3.63, 3.8) is 0 Å². The van der Waals surface area contributed by atoms with Gasteiger partial charge in [-0.25, -0.2) is 0 Å². The summed E-state index contributed by atoms with van der Waals surface area (Å²) in [6.07, 6.45) is 0.366. The van der Waals surface area contributed by atoms with Crippen LogP contribution in [0.25, 0.3) is 10.1 Å². The lowest BCUT2D eigenvalue weighted by Gasteiger charge is -2.26. The number of morpholine rings is 1. The van der Waals surface area contributed by atoms with Gasteiger partial charge in [-0.15, -0.1) is 11.3 Å². The van der Waals surface area contributed by atoms with Crippen molar-refractivity contribution in [3.05, 3.63) is 65.0 Å². The minimum absolute atomic E-state index is 0.111. The Morgan fingerprint density at radius 2 is 1.78 bits per heavy atom. The molecule has 0 saturated carbocycles. The lowest BCUT2D eigenvalue weighted by Crippen LogP contribution is -2.41. The molecule has 0 aliphatic carbocycles. The van der Waals surface area contributed by atoms with Crippen molar-refractivity contribution in [2.45, 2.75) is 6.42 Å². The maximum atomic E-state index is 12.5. The zero-order valence-corrected chi connectivity index (χ0v) is 15.6. The van der Waals surface area contributed by atoms with E-state index in [1.54, 1.807) is 0 Å². The molecule has 1 fully saturated rings. The smallest absolute Gasteiger partial charge is 0.265 e. The van der Waals surface area contributed by atoms with Crippen LogP contribution in [0.2, 0.25) is 0 Å². The van der Waals surface area contributed by atoms with Crippen molar-refractivity contribution in [1.29, 1.82) is 0 Å². The van der Waals surface area contributed by atoms with Gasteiger partial charge in [0.1, 0.15) is 0 Å². The minimum Gasteiger partial charge on any atom is -0.378 e. The minimum atomic E-state index is -0.117. The van der Waals surface area contributed by atoms with Gasteiger partial charge >= 0.3 is 0 Å². The standard InChI is InChI=1S/C21H20N2O3S/c24-20(23-9-11-26-12-10-23)13-15-5-7-17(8-6-15)22-21(25)19-14-16-3-1-2-4-18(16)27-19/h1-8,14H,9-13H2,(H,22,25). The summed E-state index contributed by atoms with van der Waals surface area (Å²) in [7, 11) is 0. The highest BCUT2D eigenvalue weighted by Gasteiger charge is 2.17. The summed E-state index contributed by atoms with van der Waals surface area (Å²) in [6.45, 7) is 2.52. The monoisotopic (exact) mass is 380 g/mol. The van der Waals surface area contributed by atoms with Crippen LogP contribution in [0.4, 0.5) is 5.69 Å². The highest BCUT2D eigenvalue weighted by atomic mass is 32.1. The van der Waals surface area contributed by atoms with Gasteiger partial charge < -0.3 is 15.0 Å². The fourth-order valence-electron chi connectivity index (χ4n) is 3.09. The summed E-state index contributed by atoms with van der Waals surface area (Å²) < 4.78 is 6.37. The number of nitrogens with one attached hydrogen (secondary N) is 1. The van der Waals surface area contributed by atoms with E-state index in [0.29, 0.717) is 37.6 Å². The molecule has 1 aromatic heterocycles. The van der Waals surface area contributed by atoms with Crippen molar-refractivity contribution in [1.82, 2.24) is 4.90 Å². The number of carbonyl (C=O) groups excluding carboxylic acids is 2. The average Bonchev–Trinajstić information content (AvgIpc) is 3.14. The second-order valence-corrected chi connectivity index (χ2v) is 7.55. The highest BCUT2D eigenvalue weighted by molar-refractivity contribution is 7.20. The third-order valence-electron chi connectivity index (χ3n) is 4.58. The Labute approximate surface area is 161 Å². The quantitative estimate of drug-likeness (QED) is 0.753. The van der Waals surface area contributed by atoms with Gasteiger partial charge in [0.05, 0.1) is 24.5 Å². The van der Waals surface area contributed by atoms with Crippen molar-refractivity contribution in [3.8, 4) is 0 Å². The van der Waals surface area contributed by atoms with Crippen LogP contribution in [-0.4, -0.2) is 43.0 Å². The molecular formula is C21H20N2O3S. The van der Waals surface area contributed by atoms with E-state index in [0.717, 1.165) is 21.3 Å². The van der Waals surface area contributed by atoms with Crippen LogP contribution in [-0.2, 0) is 16.0 Å². The molecule has 0 atom stereocenters. The first kappa shape index (κ1) is 17.7. The number of hydrogen-bond acceptors (Lipinski definition) is 4. The van der Waals surface area contributed by atoms with Crippen LogP contribution in [0.3, 0.4) is 0 Å². The number of amides is 2. The molecule has 2 aromatic carbocycles. The summed E-state index contributed by atoms with van der Waals surface area (Å²) in [4.78, 5) is 27.3. The predicted octanol–water partition coefficient (Wildman–Crippen LogP) is 3.55. The van der Waals surface area contributed by atoms with Crippen LogP contribution in [0.15, 0.2) is 54.6 Å². The van der Waals surface area contributed by atoms with E-state index in [1.165, 1.54) is 11.3 Å². The number of hydrogen-bond donors (Lipinski definition) is 1. The van der Waals surface area contributed by atoms with Crippen molar-refractivity contribution in [2.24, 2.45) is 0 Å². The molecule has 5 nitrogen and oxygen atoms in total. The summed E-state index contributed by atoms with van der Waals surface area (Å²) in [6, 6.07) is 17.3. The van der Waals surface area contributed by atoms with E-state index in [-0.39, 0.29) is 11.8 Å². The zero-order chi connectivity index (χ0) is 18.6. The molecule has 2 heterocycles. The Hall–Kier alpha value is -2.70. The third kappa shape index (κ3) is 4.18. The lowest BCUT2D eigenvalue weighted by molar-refractivity contribution is -0.134. The second kappa shape index (κ2) is 7.90. The predicted molar refractivity (Wildman–Crippen MR) is 107 cm³/mol. The Morgan fingerprint density at radius 1 is 1.04 bits per heavy atom.